The summed E-state index contributed by atoms with van der Waals surface area (Å²) in [7, 11) is 0. The summed E-state index contributed by atoms with van der Waals surface area (Å²) in [6.07, 6.45) is 7.56. The van der Waals surface area contributed by atoms with Gasteiger partial charge in [0, 0.05) is 24.0 Å². The lowest BCUT2D eigenvalue weighted by Crippen LogP contribution is -2.66. The number of hydrogen-bond donors (Lipinski definition) is 1. The average molecular weight is 251 g/mol. The zero-order valence-electron chi connectivity index (χ0n) is 12.2. The van der Waals surface area contributed by atoms with E-state index in [0.717, 1.165) is 24.4 Å². The van der Waals surface area contributed by atoms with Crippen LogP contribution in [0.15, 0.2) is 0 Å². The van der Waals surface area contributed by atoms with Crippen LogP contribution >= 0.6 is 0 Å². The summed E-state index contributed by atoms with van der Waals surface area (Å²) in [4.78, 5) is 0. The van der Waals surface area contributed by atoms with E-state index in [2.05, 4.69) is 26.1 Å². The lowest BCUT2D eigenvalue weighted by Gasteiger charge is -2.55. The van der Waals surface area contributed by atoms with Gasteiger partial charge in [0.05, 0.1) is 6.10 Å². The third-order valence-electron chi connectivity index (χ3n) is 5.77. The summed E-state index contributed by atoms with van der Waals surface area (Å²) in [6, 6.07) is 0.697. The van der Waals surface area contributed by atoms with Crippen LogP contribution < -0.4 is 5.32 Å². The van der Waals surface area contributed by atoms with Gasteiger partial charge in [-0.15, -0.1) is 0 Å². The molecule has 3 aliphatic rings. The van der Waals surface area contributed by atoms with Crippen molar-refractivity contribution in [3.05, 3.63) is 0 Å². The first-order valence-corrected chi connectivity index (χ1v) is 7.94. The molecule has 3 fully saturated rings. The molecule has 104 valence electrons. The van der Waals surface area contributed by atoms with Crippen LogP contribution in [0, 0.1) is 23.2 Å². The molecule has 2 heteroatoms. The van der Waals surface area contributed by atoms with Crippen LogP contribution in [0.1, 0.15) is 52.9 Å². The number of rotatable bonds is 3. The summed E-state index contributed by atoms with van der Waals surface area (Å²) in [6.45, 7) is 9.39. The highest BCUT2D eigenvalue weighted by atomic mass is 16.5. The molecule has 0 radical (unpaired) electrons. The van der Waals surface area contributed by atoms with E-state index in [0.29, 0.717) is 17.6 Å². The summed E-state index contributed by atoms with van der Waals surface area (Å²) in [5, 5.41) is 3.89. The van der Waals surface area contributed by atoms with Crippen LogP contribution in [0.25, 0.3) is 0 Å². The first-order chi connectivity index (χ1) is 8.59. The second kappa shape index (κ2) is 4.79. The van der Waals surface area contributed by atoms with E-state index >= 15 is 0 Å². The fourth-order valence-corrected chi connectivity index (χ4v) is 4.78. The van der Waals surface area contributed by atoms with Gasteiger partial charge in [0.1, 0.15) is 0 Å². The highest BCUT2D eigenvalue weighted by molar-refractivity contribution is 5.11. The summed E-state index contributed by atoms with van der Waals surface area (Å²) in [5.41, 5.74) is 0.349. The molecule has 2 nitrogen and oxygen atoms in total. The van der Waals surface area contributed by atoms with E-state index in [9.17, 15) is 0 Å². The minimum absolute atomic E-state index is 0.349. The summed E-state index contributed by atoms with van der Waals surface area (Å²) >= 11 is 0. The van der Waals surface area contributed by atoms with E-state index < -0.39 is 0 Å². The molecular weight excluding hydrogens is 222 g/mol. The summed E-state index contributed by atoms with van der Waals surface area (Å²) in [5.74, 6) is 2.66. The largest absolute Gasteiger partial charge is 0.377 e. The molecule has 0 aromatic rings. The van der Waals surface area contributed by atoms with Gasteiger partial charge in [-0.2, -0.15) is 0 Å². The van der Waals surface area contributed by atoms with Crippen LogP contribution in [0.2, 0.25) is 0 Å². The Hall–Kier alpha value is -0.0800. The Balaban J connectivity index is 1.51. The Morgan fingerprint density at radius 3 is 2.83 bits per heavy atom. The second-order valence-electron chi connectivity index (χ2n) is 7.59. The van der Waals surface area contributed by atoms with Crippen LogP contribution in [0.4, 0.5) is 0 Å². The van der Waals surface area contributed by atoms with E-state index in [-0.39, 0.29) is 0 Å². The Kier molecular flexibility index (Phi) is 3.44. The highest BCUT2D eigenvalue weighted by Gasteiger charge is 2.58. The second-order valence-corrected chi connectivity index (χ2v) is 7.59. The first-order valence-electron chi connectivity index (χ1n) is 7.94. The molecule has 1 aliphatic heterocycles. The average Bonchev–Trinajstić information content (AvgIpc) is 2.75. The first kappa shape index (κ1) is 12.9. The minimum atomic E-state index is 0.349. The van der Waals surface area contributed by atoms with Gasteiger partial charge in [-0.05, 0) is 37.6 Å². The molecule has 1 heterocycles. The Bertz CT molecular complexity index is 301. The van der Waals surface area contributed by atoms with Crippen LogP contribution in [-0.2, 0) is 4.74 Å². The monoisotopic (exact) mass is 251 g/mol. The van der Waals surface area contributed by atoms with Crippen molar-refractivity contribution in [1.29, 1.82) is 0 Å². The van der Waals surface area contributed by atoms with Crippen molar-refractivity contribution in [3.63, 3.8) is 0 Å². The van der Waals surface area contributed by atoms with Gasteiger partial charge in [-0.25, -0.2) is 0 Å². The van der Waals surface area contributed by atoms with Crippen LogP contribution in [-0.4, -0.2) is 25.3 Å². The molecular formula is C16H29NO. The standard InChI is InChI=1S/C16H29NO/c1-11-5-4-6-12(9-11)10-17-14-13-7-8-18-15(13)16(14,2)3/h11-15,17H,4-10H2,1-3H3. The van der Waals surface area contributed by atoms with Gasteiger partial charge in [-0.1, -0.05) is 33.6 Å². The number of ether oxygens (including phenoxy) is 1. The third kappa shape index (κ3) is 2.12. The van der Waals surface area contributed by atoms with E-state index in [1.807, 2.05) is 0 Å². The molecule has 2 saturated carbocycles. The number of hydrogen-bond acceptors (Lipinski definition) is 2. The molecule has 5 unspecified atom stereocenters. The maximum Gasteiger partial charge on any atom is 0.0685 e. The fourth-order valence-electron chi connectivity index (χ4n) is 4.78. The van der Waals surface area contributed by atoms with Gasteiger partial charge >= 0.3 is 0 Å². The molecule has 5 atom stereocenters. The van der Waals surface area contributed by atoms with Crippen molar-refractivity contribution in [2.75, 3.05) is 13.2 Å². The lowest BCUT2D eigenvalue weighted by atomic mass is 9.57. The molecule has 0 spiro atoms. The topological polar surface area (TPSA) is 21.3 Å². The highest BCUT2D eigenvalue weighted by Crippen LogP contribution is 2.52. The van der Waals surface area contributed by atoms with E-state index in [4.69, 9.17) is 4.74 Å². The van der Waals surface area contributed by atoms with Gasteiger partial charge in [0.25, 0.3) is 0 Å². The maximum absolute atomic E-state index is 5.87. The van der Waals surface area contributed by atoms with Gasteiger partial charge < -0.3 is 10.1 Å². The Morgan fingerprint density at radius 2 is 2.06 bits per heavy atom. The van der Waals surface area contributed by atoms with Crippen molar-refractivity contribution >= 4 is 0 Å². The van der Waals surface area contributed by atoms with Crippen molar-refractivity contribution in [2.45, 2.75) is 65.0 Å². The molecule has 0 bridgehead atoms. The molecule has 18 heavy (non-hydrogen) atoms. The van der Waals surface area contributed by atoms with Crippen molar-refractivity contribution in [3.8, 4) is 0 Å². The van der Waals surface area contributed by atoms with E-state index in [1.54, 1.807) is 0 Å². The fraction of sp³-hybridized carbons (Fsp3) is 1.00. The zero-order chi connectivity index (χ0) is 12.8. The summed E-state index contributed by atoms with van der Waals surface area (Å²) < 4.78 is 5.87. The van der Waals surface area contributed by atoms with Crippen molar-refractivity contribution < 1.29 is 4.74 Å². The molecule has 0 aromatic heterocycles. The molecule has 1 saturated heterocycles. The molecule has 1 N–H and O–H groups in total. The van der Waals surface area contributed by atoms with Crippen LogP contribution in [0.5, 0.6) is 0 Å². The normalized spacial score (nSPS) is 46.5. The van der Waals surface area contributed by atoms with Gasteiger partial charge in [-0.3, -0.25) is 0 Å². The Morgan fingerprint density at radius 1 is 1.22 bits per heavy atom. The Labute approximate surface area is 112 Å². The predicted molar refractivity (Wildman–Crippen MR) is 74.5 cm³/mol. The SMILES string of the molecule is CC1CCCC(CNC2C3CCOC3C2(C)C)C1. The molecule has 2 aliphatic carbocycles. The molecule has 0 aromatic carbocycles. The quantitative estimate of drug-likeness (QED) is 0.831. The lowest BCUT2D eigenvalue weighted by molar-refractivity contribution is -0.113. The van der Waals surface area contributed by atoms with Gasteiger partial charge in [0.15, 0.2) is 0 Å². The van der Waals surface area contributed by atoms with Crippen molar-refractivity contribution in [1.82, 2.24) is 5.32 Å². The zero-order valence-corrected chi connectivity index (χ0v) is 12.2. The number of nitrogens with one attached hydrogen (secondary N) is 1. The predicted octanol–water partition coefficient (Wildman–Crippen LogP) is 3.22. The van der Waals surface area contributed by atoms with Crippen molar-refractivity contribution in [2.24, 2.45) is 23.2 Å². The molecule has 3 rings (SSSR count). The smallest absolute Gasteiger partial charge is 0.0685 e. The van der Waals surface area contributed by atoms with Crippen LogP contribution in [0.3, 0.4) is 0 Å². The molecule has 0 amide bonds. The maximum atomic E-state index is 5.87. The third-order valence-corrected chi connectivity index (χ3v) is 5.77. The number of fused-ring (bicyclic) bond motifs is 1. The van der Waals surface area contributed by atoms with Gasteiger partial charge in [0.2, 0.25) is 0 Å². The van der Waals surface area contributed by atoms with E-state index in [1.165, 1.54) is 38.6 Å². The minimum Gasteiger partial charge on any atom is -0.377 e.